The molecule has 1 aromatic rings. The molecule has 6 heteroatoms. The maximum atomic E-state index is 14.0. The zero-order valence-corrected chi connectivity index (χ0v) is 13.1. The second-order valence-electron chi connectivity index (χ2n) is 6.06. The van der Waals surface area contributed by atoms with Crippen LogP contribution in [0.5, 0.6) is 0 Å². The molecule has 4 nitrogen and oxygen atoms in total. The molecule has 0 unspecified atom stereocenters. The molecule has 3 rings (SSSR count). The summed E-state index contributed by atoms with van der Waals surface area (Å²) in [5.41, 5.74) is 0.446. The van der Waals surface area contributed by atoms with Crippen molar-refractivity contribution in [3.8, 4) is 0 Å². The van der Waals surface area contributed by atoms with Gasteiger partial charge in [0, 0.05) is 29.0 Å². The number of halogens is 2. The molecule has 1 N–H and O–H groups in total. The van der Waals surface area contributed by atoms with E-state index in [1.807, 2.05) is 6.92 Å². The molecule has 1 heterocycles. The van der Waals surface area contributed by atoms with E-state index in [1.54, 1.807) is 17.0 Å². The van der Waals surface area contributed by atoms with Gasteiger partial charge in [-0.15, -0.1) is 0 Å². The number of aliphatic hydroxyl groups is 1. The summed E-state index contributed by atoms with van der Waals surface area (Å²) >= 11 is 6.08. The van der Waals surface area contributed by atoms with Gasteiger partial charge in [0.25, 0.3) is 0 Å². The second kappa shape index (κ2) is 6.14. The first-order chi connectivity index (χ1) is 10.5. The number of carbonyl (C=O) groups is 1. The van der Waals surface area contributed by atoms with E-state index < -0.39 is 0 Å². The molecule has 1 aliphatic carbocycles. The summed E-state index contributed by atoms with van der Waals surface area (Å²) in [6.07, 6.45) is 0.280. The topological polar surface area (TPSA) is 49.8 Å². The van der Waals surface area contributed by atoms with Crippen molar-refractivity contribution in [3.05, 3.63) is 34.6 Å². The van der Waals surface area contributed by atoms with E-state index in [0.717, 1.165) is 0 Å². The van der Waals surface area contributed by atoms with Gasteiger partial charge in [0.1, 0.15) is 5.82 Å². The molecule has 1 saturated heterocycles. The highest BCUT2D eigenvalue weighted by Crippen LogP contribution is 2.51. The number of nitrogens with zero attached hydrogens (tertiary/aromatic N) is 1. The highest BCUT2D eigenvalue weighted by atomic mass is 35.5. The average Bonchev–Trinajstić information content (AvgIpc) is 3.27. The lowest BCUT2D eigenvalue weighted by molar-refractivity contribution is -0.147. The third-order valence-corrected chi connectivity index (χ3v) is 4.80. The minimum Gasteiger partial charge on any atom is -0.394 e. The van der Waals surface area contributed by atoms with Gasteiger partial charge in [0.05, 0.1) is 25.4 Å². The van der Waals surface area contributed by atoms with Crippen molar-refractivity contribution in [2.24, 2.45) is 5.92 Å². The Balaban J connectivity index is 1.72. The van der Waals surface area contributed by atoms with E-state index in [1.165, 1.54) is 6.07 Å². The Morgan fingerprint density at radius 2 is 2.32 bits per heavy atom. The monoisotopic (exact) mass is 327 g/mol. The van der Waals surface area contributed by atoms with Gasteiger partial charge in [0.2, 0.25) is 5.91 Å². The molecule has 0 spiro atoms. The van der Waals surface area contributed by atoms with E-state index in [-0.39, 0.29) is 42.3 Å². The van der Waals surface area contributed by atoms with Gasteiger partial charge in [-0.25, -0.2) is 4.39 Å². The standard InChI is InChI=1S/C16H19ClFNO3/c1-9-8-22-10(7-20)6-19(9)16(21)12-5-11(12)15-13(17)3-2-4-14(15)18/h2-4,9-12,20H,5-8H2,1H3/t9-,10+,11-,12+/m1/s1. The van der Waals surface area contributed by atoms with Crippen molar-refractivity contribution in [1.82, 2.24) is 4.90 Å². The number of hydrogen-bond donors (Lipinski definition) is 1. The molecule has 1 aromatic carbocycles. The normalized spacial score (nSPS) is 31.2. The smallest absolute Gasteiger partial charge is 0.226 e. The van der Waals surface area contributed by atoms with Crippen molar-refractivity contribution in [2.45, 2.75) is 31.4 Å². The first-order valence-electron chi connectivity index (χ1n) is 7.49. The van der Waals surface area contributed by atoms with Gasteiger partial charge in [-0.05, 0) is 25.5 Å². The minimum atomic E-state index is -0.351. The Hall–Kier alpha value is -1.17. The summed E-state index contributed by atoms with van der Waals surface area (Å²) in [7, 11) is 0. The number of rotatable bonds is 3. The van der Waals surface area contributed by atoms with E-state index in [0.29, 0.717) is 30.2 Å². The number of hydrogen-bond acceptors (Lipinski definition) is 3. The Labute approximate surface area is 133 Å². The highest BCUT2D eigenvalue weighted by molar-refractivity contribution is 6.31. The Morgan fingerprint density at radius 1 is 1.55 bits per heavy atom. The van der Waals surface area contributed by atoms with E-state index in [4.69, 9.17) is 16.3 Å². The first kappa shape index (κ1) is 15.7. The van der Waals surface area contributed by atoms with Gasteiger partial charge in [-0.2, -0.15) is 0 Å². The number of benzene rings is 1. The maximum absolute atomic E-state index is 14.0. The van der Waals surface area contributed by atoms with Crippen LogP contribution in [0.2, 0.25) is 5.02 Å². The summed E-state index contributed by atoms with van der Waals surface area (Å²) in [6.45, 7) is 2.60. The van der Waals surface area contributed by atoms with Crippen LogP contribution in [0.1, 0.15) is 24.8 Å². The lowest BCUT2D eigenvalue weighted by Crippen LogP contribution is -2.52. The molecule has 1 saturated carbocycles. The zero-order valence-electron chi connectivity index (χ0n) is 12.3. The fourth-order valence-electron chi connectivity index (χ4n) is 3.10. The first-order valence-corrected chi connectivity index (χ1v) is 7.87. The third kappa shape index (κ3) is 2.85. The molecular weight excluding hydrogens is 309 g/mol. The molecule has 22 heavy (non-hydrogen) atoms. The molecule has 0 bridgehead atoms. The maximum Gasteiger partial charge on any atom is 0.226 e. The van der Waals surface area contributed by atoms with Crippen LogP contribution in [0, 0.1) is 11.7 Å². The van der Waals surface area contributed by atoms with Crippen LogP contribution in [-0.4, -0.2) is 47.8 Å². The predicted molar refractivity (Wildman–Crippen MR) is 80.3 cm³/mol. The summed E-state index contributed by atoms with van der Waals surface area (Å²) in [5.74, 6) is -0.729. The Bertz CT molecular complexity index is 562. The van der Waals surface area contributed by atoms with Gasteiger partial charge in [-0.3, -0.25) is 4.79 Å². The van der Waals surface area contributed by atoms with Crippen molar-refractivity contribution in [3.63, 3.8) is 0 Å². The summed E-state index contributed by atoms with van der Waals surface area (Å²) in [4.78, 5) is 14.4. The molecular formula is C16H19ClFNO3. The lowest BCUT2D eigenvalue weighted by Gasteiger charge is -2.37. The van der Waals surface area contributed by atoms with Crippen LogP contribution in [0.25, 0.3) is 0 Å². The van der Waals surface area contributed by atoms with E-state index >= 15 is 0 Å². The number of aliphatic hydroxyl groups excluding tert-OH is 1. The van der Waals surface area contributed by atoms with Crippen molar-refractivity contribution >= 4 is 17.5 Å². The average molecular weight is 328 g/mol. The highest BCUT2D eigenvalue weighted by Gasteiger charge is 2.49. The SMILES string of the molecule is C[C@@H]1CO[C@H](CO)CN1C(=O)[C@H]1C[C@H]1c1c(F)cccc1Cl. The number of morpholine rings is 1. The minimum absolute atomic E-state index is 0.00132. The van der Waals surface area contributed by atoms with Gasteiger partial charge >= 0.3 is 0 Å². The van der Waals surface area contributed by atoms with Crippen LogP contribution in [-0.2, 0) is 9.53 Å². The van der Waals surface area contributed by atoms with Gasteiger partial charge in [-0.1, -0.05) is 17.7 Å². The Morgan fingerprint density at radius 3 is 3.00 bits per heavy atom. The van der Waals surface area contributed by atoms with Gasteiger partial charge < -0.3 is 14.7 Å². The number of ether oxygens (including phenoxy) is 1. The fourth-order valence-corrected chi connectivity index (χ4v) is 3.40. The quantitative estimate of drug-likeness (QED) is 0.926. The summed E-state index contributed by atoms with van der Waals surface area (Å²) in [5, 5.41) is 9.58. The van der Waals surface area contributed by atoms with Crippen LogP contribution in [0.15, 0.2) is 18.2 Å². The fraction of sp³-hybridized carbons (Fsp3) is 0.562. The number of amides is 1. The van der Waals surface area contributed by atoms with Crippen LogP contribution in [0.3, 0.4) is 0 Å². The largest absolute Gasteiger partial charge is 0.394 e. The predicted octanol–water partition coefficient (Wildman–Crippen LogP) is 2.19. The van der Waals surface area contributed by atoms with E-state index in [2.05, 4.69) is 0 Å². The molecule has 1 amide bonds. The van der Waals surface area contributed by atoms with Crippen LogP contribution in [0.4, 0.5) is 4.39 Å². The van der Waals surface area contributed by atoms with Crippen LogP contribution >= 0.6 is 11.6 Å². The second-order valence-corrected chi connectivity index (χ2v) is 6.47. The molecule has 4 atom stereocenters. The molecule has 2 fully saturated rings. The van der Waals surface area contributed by atoms with E-state index in [9.17, 15) is 14.3 Å². The van der Waals surface area contributed by atoms with Gasteiger partial charge in [0.15, 0.2) is 0 Å². The lowest BCUT2D eigenvalue weighted by atomic mass is 10.1. The molecule has 0 radical (unpaired) electrons. The summed E-state index contributed by atoms with van der Waals surface area (Å²) < 4.78 is 19.4. The van der Waals surface area contributed by atoms with Crippen LogP contribution < -0.4 is 0 Å². The van der Waals surface area contributed by atoms with Crippen molar-refractivity contribution in [1.29, 1.82) is 0 Å². The third-order valence-electron chi connectivity index (χ3n) is 4.47. The molecule has 2 aliphatic rings. The summed E-state index contributed by atoms with van der Waals surface area (Å²) in [6, 6.07) is 4.56. The molecule has 120 valence electrons. The zero-order chi connectivity index (χ0) is 15.9. The molecule has 1 aliphatic heterocycles. The Kier molecular flexibility index (Phi) is 4.39. The van der Waals surface area contributed by atoms with Crippen molar-refractivity contribution < 1.29 is 19.0 Å². The van der Waals surface area contributed by atoms with Crippen molar-refractivity contribution in [2.75, 3.05) is 19.8 Å². The molecule has 0 aromatic heterocycles. The number of carbonyl (C=O) groups excluding carboxylic acids is 1.